The molecule has 0 radical (unpaired) electrons. The van der Waals surface area contributed by atoms with Gasteiger partial charge in [-0.3, -0.25) is 0 Å². The van der Waals surface area contributed by atoms with Crippen LogP contribution in [-0.4, -0.2) is 15.0 Å². The molecule has 2 rings (SSSR count). The van der Waals surface area contributed by atoms with E-state index >= 15 is 0 Å². The number of hydrogen-bond donors (Lipinski definition) is 1. The Bertz CT molecular complexity index is 481. The lowest BCUT2D eigenvalue weighted by molar-refractivity contribution is 0.584. The van der Waals surface area contributed by atoms with E-state index in [1.54, 1.807) is 0 Å². The highest BCUT2D eigenvalue weighted by atomic mass is 19.1. The summed E-state index contributed by atoms with van der Waals surface area (Å²) in [5.74, 6) is -1.24. The predicted molar refractivity (Wildman–Crippen MR) is 49.6 cm³/mol. The molecular weight excluding hydrogens is 202 g/mol. The first kappa shape index (κ1) is 9.45. The van der Waals surface area contributed by atoms with E-state index in [0.29, 0.717) is 0 Å². The smallest absolute Gasteiger partial charge is 0.223 e. The van der Waals surface area contributed by atoms with E-state index in [4.69, 9.17) is 5.73 Å². The first-order valence-corrected chi connectivity index (χ1v) is 4.06. The normalized spacial score (nSPS) is 10.3. The summed E-state index contributed by atoms with van der Waals surface area (Å²) in [5.41, 5.74) is 5.55. The molecule has 6 heteroatoms. The zero-order valence-electron chi connectivity index (χ0n) is 7.48. The Morgan fingerprint density at radius 3 is 2.27 bits per heavy atom. The van der Waals surface area contributed by atoms with Crippen molar-refractivity contribution in [2.75, 3.05) is 5.73 Å². The molecule has 1 aromatic carbocycles. The molecule has 4 nitrogen and oxygen atoms in total. The monoisotopic (exact) mass is 208 g/mol. The zero-order chi connectivity index (χ0) is 10.8. The van der Waals surface area contributed by atoms with Gasteiger partial charge in [0.1, 0.15) is 18.0 Å². The Morgan fingerprint density at radius 1 is 1.00 bits per heavy atom. The van der Waals surface area contributed by atoms with Gasteiger partial charge in [-0.05, 0) is 12.1 Å². The molecule has 0 fully saturated rings. The van der Waals surface area contributed by atoms with Crippen molar-refractivity contribution in [2.45, 2.75) is 0 Å². The molecule has 0 atom stereocenters. The maximum Gasteiger partial charge on any atom is 0.223 e. The number of hydrogen-bond acceptors (Lipinski definition) is 4. The van der Waals surface area contributed by atoms with Crippen LogP contribution in [0.1, 0.15) is 0 Å². The second-order valence-corrected chi connectivity index (χ2v) is 2.83. The third-order valence-electron chi connectivity index (χ3n) is 1.71. The molecule has 0 aliphatic heterocycles. The standard InChI is InChI=1S/C9H6F2N4/c10-6-1-5(2-7(11)3-6)8-13-4-14-9(12)15-8/h1-4H,(H2,12,13,14,15). The molecule has 0 bridgehead atoms. The third kappa shape index (κ3) is 2.04. The van der Waals surface area contributed by atoms with Gasteiger partial charge in [-0.2, -0.15) is 4.98 Å². The number of rotatable bonds is 1. The average molecular weight is 208 g/mol. The largest absolute Gasteiger partial charge is 0.368 e. The van der Waals surface area contributed by atoms with Gasteiger partial charge in [0.25, 0.3) is 0 Å². The Hall–Kier alpha value is -2.11. The van der Waals surface area contributed by atoms with Crippen LogP contribution in [0.2, 0.25) is 0 Å². The molecule has 0 aliphatic carbocycles. The van der Waals surface area contributed by atoms with E-state index in [9.17, 15) is 8.78 Å². The molecule has 2 N–H and O–H groups in total. The number of aromatic nitrogens is 3. The molecule has 1 aromatic heterocycles. The van der Waals surface area contributed by atoms with Crippen LogP contribution in [0.5, 0.6) is 0 Å². The average Bonchev–Trinajstić information content (AvgIpc) is 2.16. The van der Waals surface area contributed by atoms with Gasteiger partial charge >= 0.3 is 0 Å². The van der Waals surface area contributed by atoms with Gasteiger partial charge in [-0.25, -0.2) is 18.7 Å². The fraction of sp³-hybridized carbons (Fsp3) is 0. The van der Waals surface area contributed by atoms with Crippen LogP contribution in [0.15, 0.2) is 24.5 Å². The van der Waals surface area contributed by atoms with Crippen LogP contribution in [0.4, 0.5) is 14.7 Å². The molecule has 2 aromatic rings. The van der Waals surface area contributed by atoms with Crippen LogP contribution in [0, 0.1) is 11.6 Å². The topological polar surface area (TPSA) is 64.7 Å². The van der Waals surface area contributed by atoms with Gasteiger partial charge in [-0.15, -0.1) is 0 Å². The highest BCUT2D eigenvalue weighted by molar-refractivity contribution is 5.55. The van der Waals surface area contributed by atoms with Gasteiger partial charge in [-0.1, -0.05) is 0 Å². The van der Waals surface area contributed by atoms with Crippen molar-refractivity contribution < 1.29 is 8.78 Å². The van der Waals surface area contributed by atoms with Crippen LogP contribution in [0.25, 0.3) is 11.4 Å². The maximum absolute atomic E-state index is 12.9. The third-order valence-corrected chi connectivity index (χ3v) is 1.71. The summed E-state index contributed by atoms with van der Waals surface area (Å²) >= 11 is 0. The molecule has 76 valence electrons. The van der Waals surface area contributed by atoms with Crippen LogP contribution < -0.4 is 5.73 Å². The number of halogens is 2. The Morgan fingerprint density at radius 2 is 1.67 bits per heavy atom. The highest BCUT2D eigenvalue weighted by Crippen LogP contribution is 2.17. The summed E-state index contributed by atoms with van der Waals surface area (Å²) in [4.78, 5) is 11.1. The molecule has 0 saturated carbocycles. The minimum absolute atomic E-state index is 0.00432. The van der Waals surface area contributed by atoms with Gasteiger partial charge in [0.2, 0.25) is 5.95 Å². The lowest BCUT2D eigenvalue weighted by Crippen LogP contribution is -1.98. The quantitative estimate of drug-likeness (QED) is 0.769. The van der Waals surface area contributed by atoms with Crippen molar-refractivity contribution in [2.24, 2.45) is 0 Å². The van der Waals surface area contributed by atoms with Crippen molar-refractivity contribution in [1.82, 2.24) is 15.0 Å². The second-order valence-electron chi connectivity index (χ2n) is 2.83. The van der Waals surface area contributed by atoms with E-state index in [1.165, 1.54) is 6.33 Å². The Kier molecular flexibility index (Phi) is 2.24. The fourth-order valence-electron chi connectivity index (χ4n) is 1.13. The van der Waals surface area contributed by atoms with Crippen molar-refractivity contribution in [1.29, 1.82) is 0 Å². The summed E-state index contributed by atoms with van der Waals surface area (Å²) in [6, 6.07) is 3.02. The Balaban J connectivity index is 2.54. The molecule has 15 heavy (non-hydrogen) atoms. The molecule has 1 heterocycles. The molecule has 0 aliphatic rings. The fourth-order valence-corrected chi connectivity index (χ4v) is 1.13. The van der Waals surface area contributed by atoms with Crippen molar-refractivity contribution in [3.05, 3.63) is 36.2 Å². The first-order valence-electron chi connectivity index (χ1n) is 4.06. The van der Waals surface area contributed by atoms with E-state index in [2.05, 4.69) is 15.0 Å². The van der Waals surface area contributed by atoms with Gasteiger partial charge in [0.15, 0.2) is 5.82 Å². The van der Waals surface area contributed by atoms with Crippen molar-refractivity contribution >= 4 is 5.95 Å². The molecule has 0 saturated heterocycles. The maximum atomic E-state index is 12.9. The SMILES string of the molecule is Nc1ncnc(-c2cc(F)cc(F)c2)n1. The number of benzene rings is 1. The van der Waals surface area contributed by atoms with Gasteiger partial charge in [0.05, 0.1) is 0 Å². The summed E-state index contributed by atoms with van der Waals surface area (Å²) in [6.45, 7) is 0. The number of nitrogens with two attached hydrogens (primary N) is 1. The lowest BCUT2D eigenvalue weighted by atomic mass is 10.2. The second kappa shape index (κ2) is 3.56. The van der Waals surface area contributed by atoms with E-state index in [0.717, 1.165) is 18.2 Å². The highest BCUT2D eigenvalue weighted by Gasteiger charge is 2.06. The first-order chi connectivity index (χ1) is 7.15. The summed E-state index contributed by atoms with van der Waals surface area (Å²) in [5, 5.41) is 0. The Labute approximate surface area is 83.8 Å². The molecule has 0 amide bonds. The number of anilines is 1. The van der Waals surface area contributed by atoms with Crippen LogP contribution in [-0.2, 0) is 0 Å². The van der Waals surface area contributed by atoms with E-state index < -0.39 is 11.6 Å². The van der Waals surface area contributed by atoms with Crippen molar-refractivity contribution in [3.8, 4) is 11.4 Å². The molecular formula is C9H6F2N4. The van der Waals surface area contributed by atoms with Crippen LogP contribution in [0.3, 0.4) is 0 Å². The van der Waals surface area contributed by atoms with E-state index in [-0.39, 0.29) is 17.3 Å². The minimum atomic E-state index is -0.691. The summed E-state index contributed by atoms with van der Waals surface area (Å²) < 4.78 is 25.7. The lowest BCUT2D eigenvalue weighted by Gasteiger charge is -2.00. The number of nitrogens with zero attached hydrogens (tertiary/aromatic N) is 3. The summed E-state index contributed by atoms with van der Waals surface area (Å²) in [7, 11) is 0. The van der Waals surface area contributed by atoms with E-state index in [1.807, 2.05) is 0 Å². The van der Waals surface area contributed by atoms with Gasteiger partial charge in [0, 0.05) is 11.6 Å². The summed E-state index contributed by atoms with van der Waals surface area (Å²) in [6.07, 6.45) is 1.18. The van der Waals surface area contributed by atoms with Crippen molar-refractivity contribution in [3.63, 3.8) is 0 Å². The zero-order valence-corrected chi connectivity index (χ0v) is 7.48. The predicted octanol–water partition coefficient (Wildman–Crippen LogP) is 1.40. The minimum Gasteiger partial charge on any atom is -0.368 e. The number of nitrogen functional groups attached to an aromatic ring is 1. The molecule has 0 spiro atoms. The van der Waals surface area contributed by atoms with Gasteiger partial charge < -0.3 is 5.73 Å². The molecule has 0 unspecified atom stereocenters. The van der Waals surface area contributed by atoms with Crippen LogP contribution >= 0.6 is 0 Å².